The summed E-state index contributed by atoms with van der Waals surface area (Å²) >= 11 is 1.02. The first-order chi connectivity index (χ1) is 12.4. The van der Waals surface area contributed by atoms with Crippen LogP contribution in [-0.2, 0) is 11.3 Å². The largest absolute Gasteiger partial charge is 0.435 e. The lowest BCUT2D eigenvalue weighted by molar-refractivity contribution is -0.117. The third-order valence-corrected chi connectivity index (χ3v) is 4.07. The number of amides is 2. The number of halogens is 2. The average molecular weight is 386 g/mol. The van der Waals surface area contributed by atoms with E-state index in [9.17, 15) is 23.2 Å². The maximum Gasteiger partial charge on any atom is 0.387 e. The predicted molar refractivity (Wildman–Crippen MR) is 89.4 cm³/mol. The van der Waals surface area contributed by atoms with Crippen LogP contribution in [0.15, 0.2) is 34.2 Å². The molecule has 0 aliphatic rings. The molecule has 1 aromatic heterocycles. The van der Waals surface area contributed by atoms with Crippen molar-refractivity contribution in [3.8, 4) is 5.75 Å². The van der Waals surface area contributed by atoms with Crippen molar-refractivity contribution in [2.75, 3.05) is 5.75 Å². The van der Waals surface area contributed by atoms with Crippen molar-refractivity contribution >= 4 is 23.6 Å². The number of carbonyl (C=O) groups excluding carboxylic acids is 2. The van der Waals surface area contributed by atoms with Crippen molar-refractivity contribution < 1.29 is 23.1 Å². The molecule has 2 aromatic rings. The van der Waals surface area contributed by atoms with Gasteiger partial charge in [-0.05, 0) is 30.7 Å². The van der Waals surface area contributed by atoms with Crippen LogP contribution < -0.4 is 15.7 Å². The summed E-state index contributed by atoms with van der Waals surface area (Å²) in [6, 6.07) is 4.93. The van der Waals surface area contributed by atoms with Gasteiger partial charge < -0.3 is 4.74 Å². The fourth-order valence-electron chi connectivity index (χ4n) is 1.99. The number of aromatic amines is 1. The van der Waals surface area contributed by atoms with Crippen LogP contribution in [-0.4, -0.2) is 38.9 Å². The fraction of sp³-hybridized carbons (Fsp3) is 0.333. The molecule has 0 bridgehead atoms. The summed E-state index contributed by atoms with van der Waals surface area (Å²) in [6.45, 7) is -0.595. The number of thioether (sulfide) groups is 1. The van der Waals surface area contributed by atoms with Crippen LogP contribution in [0.5, 0.6) is 5.75 Å². The molecule has 2 rings (SSSR count). The maximum absolute atomic E-state index is 12.1. The maximum atomic E-state index is 12.1. The van der Waals surface area contributed by atoms with Gasteiger partial charge in [-0.2, -0.15) is 8.78 Å². The second-order valence-corrected chi connectivity index (χ2v) is 5.97. The third-order valence-electron chi connectivity index (χ3n) is 3.10. The summed E-state index contributed by atoms with van der Waals surface area (Å²) in [5.74, 6) is -1.46. The molecular weight excluding hydrogens is 370 g/mol. The monoisotopic (exact) mass is 386 g/mol. The van der Waals surface area contributed by atoms with Crippen LogP contribution in [0.25, 0.3) is 0 Å². The summed E-state index contributed by atoms with van der Waals surface area (Å²) in [5.41, 5.74) is -0.246. The van der Waals surface area contributed by atoms with Gasteiger partial charge >= 0.3 is 12.3 Å². The van der Waals surface area contributed by atoms with Crippen molar-refractivity contribution in [1.82, 2.24) is 20.1 Å². The van der Waals surface area contributed by atoms with E-state index in [0.717, 1.165) is 18.2 Å². The molecule has 0 fully saturated rings. The van der Waals surface area contributed by atoms with Gasteiger partial charge in [-0.3, -0.25) is 19.5 Å². The molecule has 0 aliphatic heterocycles. The molecule has 8 nitrogen and oxygen atoms in total. The summed E-state index contributed by atoms with van der Waals surface area (Å²) in [7, 11) is 0. The van der Waals surface area contributed by atoms with Crippen molar-refractivity contribution in [2.45, 2.75) is 31.7 Å². The second-order valence-electron chi connectivity index (χ2n) is 5.03. The van der Waals surface area contributed by atoms with Gasteiger partial charge in [0.2, 0.25) is 5.91 Å². The van der Waals surface area contributed by atoms with Crippen LogP contribution in [0.4, 0.5) is 8.78 Å². The molecule has 1 aromatic carbocycles. The van der Waals surface area contributed by atoms with E-state index in [2.05, 4.69) is 20.3 Å². The third kappa shape index (κ3) is 5.41. The first-order valence-electron chi connectivity index (χ1n) is 7.57. The fourth-order valence-corrected chi connectivity index (χ4v) is 2.76. The van der Waals surface area contributed by atoms with Gasteiger partial charge in [0.05, 0.1) is 5.75 Å². The van der Waals surface area contributed by atoms with Gasteiger partial charge in [-0.25, -0.2) is 9.89 Å². The minimum atomic E-state index is -2.96. The molecule has 0 saturated heterocycles. The Labute approximate surface area is 150 Å². The Morgan fingerprint density at radius 1 is 1.35 bits per heavy atom. The topological polar surface area (TPSA) is 106 Å². The van der Waals surface area contributed by atoms with Crippen LogP contribution >= 0.6 is 11.8 Å². The van der Waals surface area contributed by atoms with Crippen LogP contribution in [0.3, 0.4) is 0 Å². The summed E-state index contributed by atoms with van der Waals surface area (Å²) < 4.78 is 29.7. The van der Waals surface area contributed by atoms with Crippen molar-refractivity contribution in [3.63, 3.8) is 0 Å². The average Bonchev–Trinajstić information content (AvgIpc) is 2.94. The number of benzene rings is 1. The Balaban J connectivity index is 1.89. The van der Waals surface area contributed by atoms with Gasteiger partial charge in [-0.15, -0.1) is 5.10 Å². The van der Waals surface area contributed by atoms with Crippen molar-refractivity contribution in [1.29, 1.82) is 0 Å². The van der Waals surface area contributed by atoms with Crippen LogP contribution in [0.1, 0.15) is 23.7 Å². The van der Waals surface area contributed by atoms with Gasteiger partial charge in [0.25, 0.3) is 5.91 Å². The minimum absolute atomic E-state index is 0.0918. The number of ether oxygens (including phenoxy) is 1. The molecule has 2 N–H and O–H groups in total. The smallest absolute Gasteiger partial charge is 0.387 e. The van der Waals surface area contributed by atoms with Gasteiger partial charge in [0, 0.05) is 12.1 Å². The Morgan fingerprint density at radius 2 is 2.04 bits per heavy atom. The van der Waals surface area contributed by atoms with Crippen molar-refractivity contribution in [2.24, 2.45) is 0 Å². The van der Waals surface area contributed by atoms with E-state index in [1.807, 2.05) is 6.92 Å². The zero-order chi connectivity index (χ0) is 19.1. The highest BCUT2D eigenvalue weighted by atomic mass is 32.2. The highest BCUT2D eigenvalue weighted by Crippen LogP contribution is 2.15. The molecule has 26 heavy (non-hydrogen) atoms. The molecular formula is C15H16F2N4O4S. The van der Waals surface area contributed by atoms with E-state index < -0.39 is 18.4 Å². The number of rotatable bonds is 8. The van der Waals surface area contributed by atoms with Crippen LogP contribution in [0, 0.1) is 0 Å². The Morgan fingerprint density at radius 3 is 2.65 bits per heavy atom. The molecule has 2 amide bonds. The molecule has 0 radical (unpaired) electrons. The molecule has 1 heterocycles. The quantitative estimate of drug-likeness (QED) is 0.668. The molecule has 0 saturated carbocycles. The molecule has 11 heteroatoms. The summed E-state index contributed by atoms with van der Waals surface area (Å²) in [6.07, 6.45) is 0.725. The molecule has 0 atom stereocenters. The highest BCUT2D eigenvalue weighted by Gasteiger charge is 2.14. The number of alkyl halides is 2. The number of hydrogen-bond donors (Lipinski definition) is 2. The lowest BCUT2D eigenvalue weighted by Crippen LogP contribution is -2.32. The minimum Gasteiger partial charge on any atom is -0.435 e. The zero-order valence-corrected chi connectivity index (χ0v) is 14.5. The van der Waals surface area contributed by atoms with E-state index in [1.54, 1.807) is 0 Å². The number of nitrogens with zero attached hydrogens (tertiary/aromatic N) is 2. The first kappa shape index (κ1) is 19.6. The van der Waals surface area contributed by atoms with Crippen LogP contribution in [0.2, 0.25) is 0 Å². The number of imide groups is 1. The Hall–Kier alpha value is -2.69. The molecule has 0 unspecified atom stereocenters. The van der Waals surface area contributed by atoms with Gasteiger partial charge in [0.15, 0.2) is 5.16 Å². The standard InChI is InChI=1S/C15H16F2N4O4S/c1-2-7-21-14(24)19-20-15(21)26-8-11(22)18-12(23)9-3-5-10(6-4-9)25-13(16)17/h3-6,13H,2,7-8H2,1H3,(H,19,24)(H,18,22,23). The van der Waals surface area contributed by atoms with Gasteiger partial charge in [-0.1, -0.05) is 18.7 Å². The predicted octanol–water partition coefficient (Wildman–Crippen LogP) is 1.63. The molecule has 0 aliphatic carbocycles. The number of H-pyrrole nitrogens is 1. The van der Waals surface area contributed by atoms with Crippen molar-refractivity contribution in [3.05, 3.63) is 40.3 Å². The Bertz CT molecular complexity index is 820. The van der Waals surface area contributed by atoms with E-state index in [1.165, 1.54) is 28.8 Å². The number of hydrogen-bond acceptors (Lipinski definition) is 6. The lowest BCUT2D eigenvalue weighted by atomic mass is 10.2. The lowest BCUT2D eigenvalue weighted by Gasteiger charge is -2.07. The van der Waals surface area contributed by atoms with E-state index in [4.69, 9.17) is 0 Å². The molecule has 0 spiro atoms. The number of carbonyl (C=O) groups is 2. The summed E-state index contributed by atoms with van der Waals surface area (Å²) in [4.78, 5) is 35.4. The summed E-state index contributed by atoms with van der Waals surface area (Å²) in [5, 5.41) is 8.66. The molecule has 140 valence electrons. The first-order valence-corrected chi connectivity index (χ1v) is 8.56. The number of nitrogens with one attached hydrogen (secondary N) is 2. The van der Waals surface area contributed by atoms with E-state index in [-0.39, 0.29) is 22.8 Å². The normalized spacial score (nSPS) is 10.8. The number of aromatic nitrogens is 3. The van der Waals surface area contributed by atoms with E-state index in [0.29, 0.717) is 11.7 Å². The highest BCUT2D eigenvalue weighted by molar-refractivity contribution is 7.99. The Kier molecular flexibility index (Phi) is 6.89. The van der Waals surface area contributed by atoms with Gasteiger partial charge in [0.1, 0.15) is 5.75 Å². The van der Waals surface area contributed by atoms with E-state index >= 15 is 0 Å². The zero-order valence-electron chi connectivity index (χ0n) is 13.7. The SMILES string of the molecule is CCCn1c(SCC(=O)NC(=O)c2ccc(OC(F)F)cc2)n[nH]c1=O. The second kappa shape index (κ2) is 9.13.